The summed E-state index contributed by atoms with van der Waals surface area (Å²) >= 11 is 0. The molecule has 1 aliphatic heterocycles. The molecule has 22 heavy (non-hydrogen) atoms. The first kappa shape index (κ1) is 14.2. The summed E-state index contributed by atoms with van der Waals surface area (Å²) in [4.78, 5) is 28.4. The molecule has 1 fully saturated rings. The summed E-state index contributed by atoms with van der Waals surface area (Å²) in [6.07, 6.45) is 0.578. The fraction of sp³-hybridized carbons (Fsp3) is 0.286. The Morgan fingerprint density at radius 3 is 2.73 bits per heavy atom. The highest BCUT2D eigenvalue weighted by Crippen LogP contribution is 2.23. The molecule has 1 N–H and O–H groups in total. The Hall–Kier alpha value is -2.74. The van der Waals surface area contributed by atoms with Gasteiger partial charge in [-0.1, -0.05) is 5.16 Å². The Labute approximate surface area is 126 Å². The third-order valence-corrected chi connectivity index (χ3v) is 3.22. The van der Waals surface area contributed by atoms with Crippen molar-refractivity contribution in [3.63, 3.8) is 0 Å². The molecule has 0 radical (unpaired) electrons. The van der Waals surface area contributed by atoms with Gasteiger partial charge in [0.25, 0.3) is 5.89 Å². The average molecular weight is 302 g/mol. The van der Waals surface area contributed by atoms with Gasteiger partial charge in [-0.05, 0) is 24.3 Å². The lowest BCUT2D eigenvalue weighted by atomic mass is 10.2. The fourth-order valence-corrected chi connectivity index (χ4v) is 2.10. The SMILES string of the molecule is COCCc1noc(-c2ccc(N3CC(=O)NC3=O)cc2)n1. The minimum absolute atomic E-state index is 0.0277. The van der Waals surface area contributed by atoms with Crippen molar-refractivity contribution in [2.45, 2.75) is 6.42 Å². The number of urea groups is 1. The van der Waals surface area contributed by atoms with E-state index in [-0.39, 0.29) is 12.5 Å². The zero-order chi connectivity index (χ0) is 15.5. The van der Waals surface area contributed by atoms with Gasteiger partial charge in [0, 0.05) is 24.8 Å². The molecule has 0 aliphatic carbocycles. The van der Waals surface area contributed by atoms with Crippen molar-refractivity contribution in [3.8, 4) is 11.5 Å². The molecule has 2 aromatic rings. The Balaban J connectivity index is 1.75. The highest BCUT2D eigenvalue weighted by molar-refractivity contribution is 6.12. The largest absolute Gasteiger partial charge is 0.384 e. The summed E-state index contributed by atoms with van der Waals surface area (Å²) in [6, 6.07) is 6.56. The van der Waals surface area contributed by atoms with Crippen LogP contribution in [0.25, 0.3) is 11.5 Å². The van der Waals surface area contributed by atoms with E-state index in [9.17, 15) is 9.59 Å². The molecule has 1 aromatic carbocycles. The molecular weight excluding hydrogens is 288 g/mol. The highest BCUT2D eigenvalue weighted by atomic mass is 16.5. The molecule has 1 aliphatic rings. The monoisotopic (exact) mass is 302 g/mol. The normalized spacial score (nSPS) is 14.5. The van der Waals surface area contributed by atoms with E-state index in [1.807, 2.05) is 0 Å². The molecule has 0 atom stereocenters. The maximum absolute atomic E-state index is 11.6. The topological polar surface area (TPSA) is 97.6 Å². The lowest BCUT2D eigenvalue weighted by molar-refractivity contribution is -0.117. The first-order chi connectivity index (χ1) is 10.7. The third-order valence-electron chi connectivity index (χ3n) is 3.22. The summed E-state index contributed by atoms with van der Waals surface area (Å²) in [6.45, 7) is 0.552. The smallest absolute Gasteiger partial charge is 0.329 e. The second kappa shape index (κ2) is 5.94. The number of aromatic nitrogens is 2. The molecule has 0 bridgehead atoms. The lowest BCUT2D eigenvalue weighted by Crippen LogP contribution is -2.27. The number of anilines is 1. The van der Waals surface area contributed by atoms with E-state index in [4.69, 9.17) is 9.26 Å². The first-order valence-electron chi connectivity index (χ1n) is 6.70. The molecule has 8 nitrogen and oxygen atoms in total. The second-order valence-corrected chi connectivity index (χ2v) is 4.74. The number of carbonyl (C=O) groups excluding carboxylic acids is 2. The molecule has 0 saturated carbocycles. The van der Waals surface area contributed by atoms with E-state index in [1.54, 1.807) is 31.4 Å². The number of nitrogens with zero attached hydrogens (tertiary/aromatic N) is 3. The van der Waals surface area contributed by atoms with Crippen molar-refractivity contribution >= 4 is 17.6 Å². The molecule has 114 valence electrons. The quantitative estimate of drug-likeness (QED) is 0.827. The molecule has 1 aromatic heterocycles. The van der Waals surface area contributed by atoms with Gasteiger partial charge in [-0.2, -0.15) is 4.98 Å². The van der Waals surface area contributed by atoms with Crippen LogP contribution in [0.15, 0.2) is 28.8 Å². The number of ether oxygens (including phenoxy) is 1. The molecule has 2 heterocycles. The van der Waals surface area contributed by atoms with Crippen LogP contribution in [0.2, 0.25) is 0 Å². The van der Waals surface area contributed by atoms with E-state index in [0.717, 1.165) is 5.56 Å². The van der Waals surface area contributed by atoms with E-state index < -0.39 is 6.03 Å². The van der Waals surface area contributed by atoms with Gasteiger partial charge in [-0.3, -0.25) is 15.0 Å². The predicted octanol–water partition coefficient (Wildman–Crippen LogP) is 0.982. The minimum atomic E-state index is -0.419. The number of carbonyl (C=O) groups is 2. The van der Waals surface area contributed by atoms with E-state index in [2.05, 4.69) is 15.5 Å². The van der Waals surface area contributed by atoms with Gasteiger partial charge in [0.15, 0.2) is 5.82 Å². The van der Waals surface area contributed by atoms with Gasteiger partial charge in [0.05, 0.1) is 6.61 Å². The third kappa shape index (κ3) is 2.82. The van der Waals surface area contributed by atoms with Gasteiger partial charge < -0.3 is 9.26 Å². The summed E-state index contributed by atoms with van der Waals surface area (Å²) < 4.78 is 10.1. The zero-order valence-electron chi connectivity index (χ0n) is 11.9. The Morgan fingerprint density at radius 2 is 2.09 bits per heavy atom. The molecule has 8 heteroatoms. The van der Waals surface area contributed by atoms with E-state index in [1.165, 1.54) is 4.90 Å². The molecule has 1 saturated heterocycles. The number of amides is 3. The predicted molar refractivity (Wildman–Crippen MR) is 76.2 cm³/mol. The summed E-state index contributed by atoms with van der Waals surface area (Å²) in [5.41, 5.74) is 1.37. The molecule has 3 rings (SSSR count). The molecule has 0 unspecified atom stereocenters. The Morgan fingerprint density at radius 1 is 1.32 bits per heavy atom. The number of hydrogen-bond donors (Lipinski definition) is 1. The van der Waals surface area contributed by atoms with Gasteiger partial charge in [0.2, 0.25) is 5.91 Å². The first-order valence-corrected chi connectivity index (χ1v) is 6.70. The van der Waals surface area contributed by atoms with Crippen LogP contribution in [0, 0.1) is 0 Å². The van der Waals surface area contributed by atoms with Gasteiger partial charge in [0.1, 0.15) is 6.54 Å². The van der Waals surface area contributed by atoms with Gasteiger partial charge >= 0.3 is 6.03 Å². The highest BCUT2D eigenvalue weighted by Gasteiger charge is 2.27. The maximum atomic E-state index is 11.6. The molecule has 3 amide bonds. The fourth-order valence-electron chi connectivity index (χ4n) is 2.10. The minimum Gasteiger partial charge on any atom is -0.384 e. The number of nitrogens with one attached hydrogen (secondary N) is 1. The number of rotatable bonds is 5. The van der Waals surface area contributed by atoms with E-state index in [0.29, 0.717) is 30.4 Å². The zero-order valence-corrected chi connectivity index (χ0v) is 11.9. The summed E-state index contributed by atoms with van der Waals surface area (Å²) in [5.74, 6) is 0.666. The molecule has 0 spiro atoms. The Bertz CT molecular complexity index is 695. The van der Waals surface area contributed by atoms with Crippen LogP contribution in [0.3, 0.4) is 0 Å². The number of imide groups is 1. The number of hydrogen-bond acceptors (Lipinski definition) is 6. The van der Waals surface area contributed by atoms with E-state index >= 15 is 0 Å². The van der Waals surface area contributed by atoms with Crippen molar-refractivity contribution in [2.24, 2.45) is 0 Å². The van der Waals surface area contributed by atoms with Crippen molar-refractivity contribution in [1.29, 1.82) is 0 Å². The standard InChI is InChI=1S/C14H14N4O4/c1-21-7-6-11-15-13(22-17-11)9-2-4-10(5-3-9)18-8-12(19)16-14(18)20/h2-5H,6-8H2,1H3,(H,16,19,20). The van der Waals surface area contributed by atoms with Crippen molar-refractivity contribution in [3.05, 3.63) is 30.1 Å². The second-order valence-electron chi connectivity index (χ2n) is 4.74. The van der Waals surface area contributed by atoms with Crippen LogP contribution in [0.1, 0.15) is 5.82 Å². The van der Waals surface area contributed by atoms with Crippen LogP contribution >= 0.6 is 0 Å². The van der Waals surface area contributed by atoms with Crippen LogP contribution in [0.5, 0.6) is 0 Å². The number of benzene rings is 1. The van der Waals surface area contributed by atoms with Crippen molar-refractivity contribution in [2.75, 3.05) is 25.2 Å². The van der Waals surface area contributed by atoms with Crippen LogP contribution in [-0.2, 0) is 16.0 Å². The average Bonchev–Trinajstić information content (AvgIpc) is 3.12. The Kier molecular flexibility index (Phi) is 3.84. The summed E-state index contributed by atoms with van der Waals surface area (Å²) in [7, 11) is 1.61. The van der Waals surface area contributed by atoms with Crippen LogP contribution < -0.4 is 10.2 Å². The van der Waals surface area contributed by atoms with Crippen LogP contribution in [0.4, 0.5) is 10.5 Å². The van der Waals surface area contributed by atoms with Gasteiger partial charge in [-0.15, -0.1) is 0 Å². The van der Waals surface area contributed by atoms with Gasteiger partial charge in [-0.25, -0.2) is 4.79 Å². The lowest BCUT2D eigenvalue weighted by Gasteiger charge is -2.12. The summed E-state index contributed by atoms with van der Waals surface area (Å²) in [5, 5.41) is 6.10. The number of methoxy groups -OCH3 is 1. The maximum Gasteiger partial charge on any atom is 0.329 e. The molecular formula is C14H14N4O4. The van der Waals surface area contributed by atoms with Crippen molar-refractivity contribution < 1.29 is 18.8 Å². The van der Waals surface area contributed by atoms with Crippen LogP contribution in [-0.4, -0.2) is 42.3 Å². The van der Waals surface area contributed by atoms with Crippen molar-refractivity contribution in [1.82, 2.24) is 15.5 Å².